The van der Waals surface area contributed by atoms with E-state index >= 15 is 0 Å². The molecule has 5 heteroatoms. The van der Waals surface area contributed by atoms with Gasteiger partial charge < -0.3 is 9.32 Å². The molecular formula is C28H33FN2O2. The van der Waals surface area contributed by atoms with E-state index in [9.17, 15) is 9.18 Å². The SMILES string of the molecule is Cc1ccc(CN2CC(CN(CC(C)C)C(=O)c3ccccc3)C(c3ccc(F)cc3)C2)o1. The Morgan fingerprint density at radius 1 is 1.06 bits per heavy atom. The summed E-state index contributed by atoms with van der Waals surface area (Å²) in [5, 5.41) is 0. The smallest absolute Gasteiger partial charge is 0.253 e. The minimum Gasteiger partial charge on any atom is -0.465 e. The maximum atomic E-state index is 13.6. The van der Waals surface area contributed by atoms with Crippen LogP contribution in [0.3, 0.4) is 0 Å². The monoisotopic (exact) mass is 448 g/mol. The molecule has 1 aromatic heterocycles. The van der Waals surface area contributed by atoms with Crippen molar-refractivity contribution in [1.82, 2.24) is 9.80 Å². The van der Waals surface area contributed by atoms with Gasteiger partial charge in [0.25, 0.3) is 5.91 Å². The highest BCUT2D eigenvalue weighted by Gasteiger charge is 2.36. The second kappa shape index (κ2) is 10.3. The molecule has 0 saturated carbocycles. The van der Waals surface area contributed by atoms with Crippen LogP contribution in [0.2, 0.25) is 0 Å². The first-order valence-electron chi connectivity index (χ1n) is 11.8. The lowest BCUT2D eigenvalue weighted by atomic mass is 9.88. The summed E-state index contributed by atoms with van der Waals surface area (Å²) >= 11 is 0. The summed E-state index contributed by atoms with van der Waals surface area (Å²) in [7, 11) is 0. The molecule has 1 aliphatic rings. The summed E-state index contributed by atoms with van der Waals surface area (Å²) in [4.78, 5) is 17.8. The van der Waals surface area contributed by atoms with Crippen molar-refractivity contribution < 1.29 is 13.6 Å². The van der Waals surface area contributed by atoms with Gasteiger partial charge in [0.2, 0.25) is 0 Å². The number of carbonyl (C=O) groups excluding carboxylic acids is 1. The van der Waals surface area contributed by atoms with Crippen LogP contribution in [-0.2, 0) is 6.54 Å². The van der Waals surface area contributed by atoms with Crippen molar-refractivity contribution in [2.24, 2.45) is 11.8 Å². The molecule has 1 saturated heterocycles. The Bertz CT molecular complexity index is 1050. The number of carbonyl (C=O) groups is 1. The molecule has 0 N–H and O–H groups in total. The molecule has 1 amide bonds. The third kappa shape index (κ3) is 5.91. The third-order valence-corrected chi connectivity index (χ3v) is 6.34. The fourth-order valence-corrected chi connectivity index (χ4v) is 4.88. The molecule has 0 spiro atoms. The van der Waals surface area contributed by atoms with Gasteiger partial charge >= 0.3 is 0 Å². The van der Waals surface area contributed by atoms with Crippen LogP contribution in [0.5, 0.6) is 0 Å². The summed E-state index contributed by atoms with van der Waals surface area (Å²) in [6, 6.07) is 20.4. The number of benzene rings is 2. The Labute approximate surface area is 196 Å². The van der Waals surface area contributed by atoms with E-state index in [2.05, 4.69) is 18.7 Å². The molecule has 4 rings (SSSR count). The van der Waals surface area contributed by atoms with Crippen molar-refractivity contribution in [2.45, 2.75) is 33.2 Å². The number of hydrogen-bond acceptors (Lipinski definition) is 3. The van der Waals surface area contributed by atoms with Gasteiger partial charge in [-0.05, 0) is 60.7 Å². The first-order chi connectivity index (χ1) is 15.9. The molecule has 174 valence electrons. The molecule has 1 fully saturated rings. The van der Waals surface area contributed by atoms with Crippen LogP contribution in [0.15, 0.2) is 71.1 Å². The Balaban J connectivity index is 1.57. The predicted molar refractivity (Wildman–Crippen MR) is 129 cm³/mol. The number of furan rings is 1. The Morgan fingerprint density at radius 2 is 1.79 bits per heavy atom. The van der Waals surface area contributed by atoms with Crippen LogP contribution in [0, 0.1) is 24.6 Å². The second-order valence-electron chi connectivity index (χ2n) is 9.59. The summed E-state index contributed by atoms with van der Waals surface area (Å²) in [5.41, 5.74) is 1.84. The van der Waals surface area contributed by atoms with Crippen LogP contribution in [0.4, 0.5) is 4.39 Å². The summed E-state index contributed by atoms with van der Waals surface area (Å²) < 4.78 is 19.4. The highest BCUT2D eigenvalue weighted by molar-refractivity contribution is 5.94. The molecule has 2 unspecified atom stereocenters. The zero-order valence-electron chi connectivity index (χ0n) is 19.7. The molecule has 0 bridgehead atoms. The average molecular weight is 449 g/mol. The number of halogens is 1. The van der Waals surface area contributed by atoms with Crippen LogP contribution >= 0.6 is 0 Å². The number of likely N-dealkylation sites (tertiary alicyclic amines) is 1. The second-order valence-corrected chi connectivity index (χ2v) is 9.59. The van der Waals surface area contributed by atoms with Gasteiger partial charge in [-0.2, -0.15) is 0 Å². The van der Waals surface area contributed by atoms with E-state index in [1.54, 1.807) is 0 Å². The molecule has 0 aliphatic carbocycles. The molecule has 2 atom stereocenters. The van der Waals surface area contributed by atoms with Gasteiger partial charge in [-0.15, -0.1) is 0 Å². The Kier molecular flexibility index (Phi) is 7.29. The zero-order chi connectivity index (χ0) is 23.4. The van der Waals surface area contributed by atoms with Crippen molar-refractivity contribution in [2.75, 3.05) is 26.2 Å². The van der Waals surface area contributed by atoms with Crippen molar-refractivity contribution in [3.8, 4) is 0 Å². The van der Waals surface area contributed by atoms with E-state index < -0.39 is 0 Å². The van der Waals surface area contributed by atoms with Crippen molar-refractivity contribution >= 4 is 5.91 Å². The minimum absolute atomic E-state index is 0.0715. The van der Waals surface area contributed by atoms with E-state index in [4.69, 9.17) is 4.42 Å². The quantitative estimate of drug-likeness (QED) is 0.441. The number of hydrogen-bond donors (Lipinski definition) is 0. The predicted octanol–water partition coefficient (Wildman–Crippen LogP) is 5.74. The fourth-order valence-electron chi connectivity index (χ4n) is 4.88. The molecule has 1 aliphatic heterocycles. The largest absolute Gasteiger partial charge is 0.465 e. The maximum Gasteiger partial charge on any atom is 0.253 e. The van der Waals surface area contributed by atoms with Crippen molar-refractivity contribution in [3.05, 3.63) is 95.2 Å². The van der Waals surface area contributed by atoms with Gasteiger partial charge in [-0.1, -0.05) is 44.2 Å². The van der Waals surface area contributed by atoms with Crippen molar-refractivity contribution in [3.63, 3.8) is 0 Å². The highest BCUT2D eigenvalue weighted by atomic mass is 19.1. The molecule has 2 aromatic carbocycles. The summed E-state index contributed by atoms with van der Waals surface area (Å²) in [6.45, 7) is 10.1. The van der Waals surface area contributed by atoms with Crippen LogP contribution in [0.25, 0.3) is 0 Å². The van der Waals surface area contributed by atoms with Gasteiger partial charge in [0.1, 0.15) is 17.3 Å². The van der Waals surface area contributed by atoms with Crippen LogP contribution in [-0.4, -0.2) is 41.9 Å². The van der Waals surface area contributed by atoms with E-state index in [0.717, 1.165) is 42.3 Å². The minimum atomic E-state index is -0.225. The molecular weight excluding hydrogens is 415 g/mol. The molecule has 4 nitrogen and oxygen atoms in total. The van der Waals surface area contributed by atoms with Gasteiger partial charge in [0.15, 0.2) is 0 Å². The lowest BCUT2D eigenvalue weighted by Gasteiger charge is -2.30. The number of rotatable bonds is 8. The fraction of sp³-hybridized carbons (Fsp3) is 0.393. The normalized spacial score (nSPS) is 18.7. The summed E-state index contributed by atoms with van der Waals surface area (Å²) in [5.74, 6) is 2.54. The first kappa shape index (κ1) is 23.2. The van der Waals surface area contributed by atoms with Crippen molar-refractivity contribution in [1.29, 1.82) is 0 Å². The van der Waals surface area contributed by atoms with Gasteiger partial charge in [-0.25, -0.2) is 4.39 Å². The third-order valence-electron chi connectivity index (χ3n) is 6.34. The lowest BCUT2D eigenvalue weighted by Crippen LogP contribution is -2.39. The topological polar surface area (TPSA) is 36.7 Å². The standard InChI is InChI=1S/C28H33FN2O2/c1-20(2)15-31(28(32)23-7-5-4-6-8-23)17-24-16-30(18-26-14-9-21(3)33-26)19-27(24)22-10-12-25(29)13-11-22/h4-14,20,24,27H,15-19H2,1-3H3. The lowest BCUT2D eigenvalue weighted by molar-refractivity contribution is 0.0703. The number of nitrogens with zero attached hydrogens (tertiary/aromatic N) is 2. The van der Waals surface area contributed by atoms with E-state index in [1.807, 2.05) is 66.4 Å². The van der Waals surface area contributed by atoms with E-state index in [-0.39, 0.29) is 23.6 Å². The first-order valence-corrected chi connectivity index (χ1v) is 11.8. The van der Waals surface area contributed by atoms with E-state index in [1.165, 1.54) is 12.1 Å². The van der Waals surface area contributed by atoms with Gasteiger partial charge in [-0.3, -0.25) is 9.69 Å². The number of amides is 1. The zero-order valence-corrected chi connectivity index (χ0v) is 19.7. The molecule has 33 heavy (non-hydrogen) atoms. The van der Waals surface area contributed by atoms with Gasteiger partial charge in [0, 0.05) is 37.7 Å². The Morgan fingerprint density at radius 3 is 2.42 bits per heavy atom. The molecule has 2 heterocycles. The van der Waals surface area contributed by atoms with Crippen LogP contribution in [0.1, 0.15) is 47.2 Å². The van der Waals surface area contributed by atoms with E-state index in [0.29, 0.717) is 19.0 Å². The van der Waals surface area contributed by atoms with Crippen LogP contribution < -0.4 is 0 Å². The molecule has 3 aromatic rings. The Hall–Kier alpha value is -2.92. The highest BCUT2D eigenvalue weighted by Crippen LogP contribution is 2.35. The number of aryl methyl sites for hydroxylation is 1. The molecule has 0 radical (unpaired) electrons. The maximum absolute atomic E-state index is 13.6. The summed E-state index contributed by atoms with van der Waals surface area (Å²) in [6.07, 6.45) is 0. The van der Waals surface area contributed by atoms with Gasteiger partial charge in [0.05, 0.1) is 6.54 Å². The average Bonchev–Trinajstić information content (AvgIpc) is 3.39.